The Morgan fingerprint density at radius 3 is 2.33 bits per heavy atom. The van der Waals surface area contributed by atoms with E-state index in [0.29, 0.717) is 0 Å². The Morgan fingerprint density at radius 1 is 1.06 bits per heavy atom. The van der Waals surface area contributed by atoms with Crippen molar-refractivity contribution in [3.8, 4) is 0 Å². The summed E-state index contributed by atoms with van der Waals surface area (Å²) in [6.07, 6.45) is 4.06. The number of halogens is 1. The molecule has 0 atom stereocenters. The molecule has 1 aromatic carbocycles. The maximum atomic E-state index is 4.34. The largest absolute Gasteiger partial charge is 1.00 e. The zero-order chi connectivity index (χ0) is 11.9. The molecule has 94 valence electrons. The Kier molecular flexibility index (Phi) is 6.35. The van der Waals surface area contributed by atoms with Crippen LogP contribution in [0.25, 0.3) is 0 Å². The average Bonchev–Trinajstić information content (AvgIpc) is 2.39. The number of para-hydroxylation sites is 1. The molecule has 0 spiro atoms. The molecule has 0 aliphatic rings. The Morgan fingerprint density at radius 2 is 1.67 bits per heavy atom. The van der Waals surface area contributed by atoms with Gasteiger partial charge >= 0.3 is 0 Å². The molecule has 18 heavy (non-hydrogen) atoms. The molecule has 3 nitrogen and oxygen atoms in total. The number of nitrogens with one attached hydrogen (secondary N) is 1. The number of nitrogens with zero attached hydrogens (tertiary/aromatic N) is 2. The molecule has 0 aliphatic heterocycles. The normalized spacial score (nSPS) is 10.6. The van der Waals surface area contributed by atoms with Gasteiger partial charge in [-0.25, -0.2) is 0 Å². The van der Waals surface area contributed by atoms with Crippen LogP contribution in [0.3, 0.4) is 0 Å². The summed E-state index contributed by atoms with van der Waals surface area (Å²) in [7, 11) is 0. The molecule has 4 heteroatoms. The van der Waals surface area contributed by atoms with E-state index >= 15 is 0 Å². The molecule has 0 amide bonds. The van der Waals surface area contributed by atoms with Crippen LogP contribution in [0.15, 0.2) is 66.0 Å². The van der Waals surface area contributed by atoms with Gasteiger partial charge in [0, 0.05) is 12.1 Å². The summed E-state index contributed by atoms with van der Waals surface area (Å²) in [6, 6.07) is 16.0. The lowest BCUT2D eigenvalue weighted by Crippen LogP contribution is -3.00. The van der Waals surface area contributed by atoms with Crippen LogP contribution < -0.4 is 34.0 Å². The molecule has 0 aliphatic carbocycles. The van der Waals surface area contributed by atoms with Crippen LogP contribution in [0.5, 0.6) is 0 Å². The molecule has 0 unspecified atom stereocenters. The van der Waals surface area contributed by atoms with Gasteiger partial charge in [-0.05, 0) is 19.1 Å². The third-order valence-electron chi connectivity index (χ3n) is 2.34. The summed E-state index contributed by atoms with van der Waals surface area (Å²) in [6.45, 7) is 2.80. The average molecular weight is 353 g/mol. The van der Waals surface area contributed by atoms with Gasteiger partial charge in [-0.2, -0.15) is 9.67 Å². The molecule has 0 saturated carbocycles. The van der Waals surface area contributed by atoms with Gasteiger partial charge in [-0.1, -0.05) is 24.3 Å². The first kappa shape index (κ1) is 14.6. The molecular weight excluding hydrogens is 337 g/mol. The SMILES string of the molecule is C/C(C[n+]1ccccc1)=N\Nc1ccccc1.[I-]. The first-order valence-electron chi connectivity index (χ1n) is 5.63. The lowest BCUT2D eigenvalue weighted by molar-refractivity contribution is -0.682. The van der Waals surface area contributed by atoms with E-state index in [2.05, 4.69) is 15.1 Å². The van der Waals surface area contributed by atoms with Crippen molar-refractivity contribution in [1.82, 2.24) is 0 Å². The highest BCUT2D eigenvalue weighted by Crippen LogP contribution is 2.04. The molecule has 1 N–H and O–H groups in total. The number of aromatic nitrogens is 1. The third kappa shape index (κ3) is 4.83. The van der Waals surface area contributed by atoms with E-state index < -0.39 is 0 Å². The second-order valence-corrected chi connectivity index (χ2v) is 3.87. The van der Waals surface area contributed by atoms with Crippen LogP contribution >= 0.6 is 0 Å². The Balaban J connectivity index is 0.00000162. The van der Waals surface area contributed by atoms with E-state index in [1.165, 1.54) is 0 Å². The molecule has 0 fully saturated rings. The highest BCUT2D eigenvalue weighted by molar-refractivity contribution is 5.81. The molecule has 0 bridgehead atoms. The molecular formula is C14H16IN3. The van der Waals surface area contributed by atoms with Crippen molar-refractivity contribution in [3.63, 3.8) is 0 Å². The molecule has 1 aromatic heterocycles. The monoisotopic (exact) mass is 353 g/mol. The summed E-state index contributed by atoms with van der Waals surface area (Å²) in [5, 5.41) is 4.34. The zero-order valence-corrected chi connectivity index (χ0v) is 12.4. The van der Waals surface area contributed by atoms with Crippen LogP contribution in [0.2, 0.25) is 0 Å². The van der Waals surface area contributed by atoms with Gasteiger partial charge in [0.15, 0.2) is 18.9 Å². The summed E-state index contributed by atoms with van der Waals surface area (Å²) in [4.78, 5) is 0. The van der Waals surface area contributed by atoms with E-state index in [1.807, 2.05) is 67.8 Å². The second-order valence-electron chi connectivity index (χ2n) is 3.87. The fourth-order valence-corrected chi connectivity index (χ4v) is 1.51. The Bertz CT molecular complexity index is 483. The van der Waals surface area contributed by atoms with Gasteiger partial charge in [0.05, 0.1) is 11.4 Å². The van der Waals surface area contributed by atoms with Crippen molar-refractivity contribution in [2.24, 2.45) is 5.10 Å². The minimum absolute atomic E-state index is 0. The minimum atomic E-state index is 0. The minimum Gasteiger partial charge on any atom is -1.00 e. The van der Waals surface area contributed by atoms with E-state index in [-0.39, 0.29) is 24.0 Å². The molecule has 1 heterocycles. The van der Waals surface area contributed by atoms with E-state index in [9.17, 15) is 0 Å². The van der Waals surface area contributed by atoms with Crippen LogP contribution in [-0.4, -0.2) is 5.71 Å². The third-order valence-corrected chi connectivity index (χ3v) is 2.34. The van der Waals surface area contributed by atoms with Crippen LogP contribution in [-0.2, 0) is 6.54 Å². The number of anilines is 1. The molecule has 2 rings (SSSR count). The van der Waals surface area contributed by atoms with Gasteiger partial charge in [0.1, 0.15) is 0 Å². The Hall–Kier alpha value is -1.43. The van der Waals surface area contributed by atoms with Crippen molar-refractivity contribution >= 4 is 11.4 Å². The number of rotatable bonds is 4. The van der Waals surface area contributed by atoms with E-state index in [1.54, 1.807) is 0 Å². The highest BCUT2D eigenvalue weighted by atomic mass is 127. The highest BCUT2D eigenvalue weighted by Gasteiger charge is 2.00. The summed E-state index contributed by atoms with van der Waals surface area (Å²) in [5.74, 6) is 0. The van der Waals surface area contributed by atoms with Crippen molar-refractivity contribution in [2.45, 2.75) is 13.5 Å². The van der Waals surface area contributed by atoms with Crippen LogP contribution in [0.4, 0.5) is 5.69 Å². The lowest BCUT2D eigenvalue weighted by Gasteiger charge is -2.00. The quantitative estimate of drug-likeness (QED) is 0.340. The first-order chi connectivity index (χ1) is 8.34. The van der Waals surface area contributed by atoms with Gasteiger partial charge in [-0.15, -0.1) is 0 Å². The second kappa shape index (κ2) is 7.81. The van der Waals surface area contributed by atoms with Crippen molar-refractivity contribution < 1.29 is 28.5 Å². The lowest BCUT2D eigenvalue weighted by atomic mass is 10.3. The standard InChI is InChI=1S/C14H16N3.HI/c1-13(12-17-10-6-3-7-11-17)15-16-14-8-4-2-5-9-14;/h2-11,16H,12H2,1H3;1H/q+1;/p-1/b15-13+;. The number of hydrazone groups is 1. The number of hydrogen-bond acceptors (Lipinski definition) is 2. The smallest absolute Gasteiger partial charge is 0.188 e. The topological polar surface area (TPSA) is 28.3 Å². The van der Waals surface area contributed by atoms with Crippen LogP contribution in [0, 0.1) is 0 Å². The number of hydrogen-bond donors (Lipinski definition) is 1. The predicted molar refractivity (Wildman–Crippen MR) is 69.8 cm³/mol. The van der Waals surface area contributed by atoms with Gasteiger partial charge in [-0.3, -0.25) is 5.43 Å². The Labute approximate surface area is 125 Å². The van der Waals surface area contributed by atoms with Gasteiger partial charge in [0.25, 0.3) is 0 Å². The summed E-state index contributed by atoms with van der Waals surface area (Å²) in [5.41, 5.74) is 5.08. The predicted octanol–water partition coefficient (Wildman–Crippen LogP) is -0.534. The van der Waals surface area contributed by atoms with Crippen molar-refractivity contribution in [1.29, 1.82) is 0 Å². The number of benzene rings is 1. The molecule has 2 aromatic rings. The fourth-order valence-electron chi connectivity index (χ4n) is 1.51. The maximum Gasteiger partial charge on any atom is 0.188 e. The maximum absolute atomic E-state index is 4.34. The van der Waals surface area contributed by atoms with Gasteiger partial charge < -0.3 is 24.0 Å². The first-order valence-corrected chi connectivity index (χ1v) is 5.63. The summed E-state index contributed by atoms with van der Waals surface area (Å²) >= 11 is 0. The number of pyridine rings is 1. The summed E-state index contributed by atoms with van der Waals surface area (Å²) < 4.78 is 2.09. The van der Waals surface area contributed by atoms with Crippen molar-refractivity contribution in [2.75, 3.05) is 5.43 Å². The molecule has 0 radical (unpaired) electrons. The fraction of sp³-hybridized carbons (Fsp3) is 0.143. The van der Waals surface area contributed by atoms with E-state index in [4.69, 9.17) is 0 Å². The zero-order valence-electron chi connectivity index (χ0n) is 10.3. The van der Waals surface area contributed by atoms with Crippen LogP contribution in [0.1, 0.15) is 6.92 Å². The van der Waals surface area contributed by atoms with Gasteiger partial charge in [0.2, 0.25) is 0 Å². The van der Waals surface area contributed by atoms with Crippen molar-refractivity contribution in [3.05, 3.63) is 60.9 Å². The molecule has 0 saturated heterocycles. The van der Waals surface area contributed by atoms with E-state index in [0.717, 1.165) is 17.9 Å².